The van der Waals surface area contributed by atoms with Crippen LogP contribution in [0.4, 0.5) is 0 Å². The number of carbonyl (C=O) groups is 1. The maximum atomic E-state index is 12.8. The third-order valence-electron chi connectivity index (χ3n) is 5.67. The number of nitrogens with one attached hydrogen (secondary N) is 1. The lowest BCUT2D eigenvalue weighted by Gasteiger charge is -2.30. The fraction of sp³-hybridized carbons (Fsp3) is 0.417. The van der Waals surface area contributed by atoms with Gasteiger partial charge in [-0.25, -0.2) is 13.1 Å². The van der Waals surface area contributed by atoms with E-state index in [1.165, 1.54) is 0 Å². The first-order chi connectivity index (χ1) is 15.8. The standard InChI is InChI=1S/C24H31N3O5S/c1-5-12-33(29,30)26-15-21-17(2)25-14-19-16-27(11-10-20(19)21)24(28)9-7-18-6-8-22(31-3)23(13-18)32-4/h6-9,13-14,26H,5,10-12,15-16H2,1-4H3/b9-7+. The Kier molecular flexibility index (Phi) is 8.10. The molecule has 2 heterocycles. The Balaban J connectivity index is 1.72. The summed E-state index contributed by atoms with van der Waals surface area (Å²) < 4.78 is 37.4. The molecule has 1 aliphatic rings. The Labute approximate surface area is 195 Å². The molecule has 1 aromatic heterocycles. The van der Waals surface area contributed by atoms with Gasteiger partial charge in [0.05, 0.1) is 20.0 Å². The molecular formula is C24H31N3O5S. The number of nitrogens with zero attached hydrogens (tertiary/aromatic N) is 2. The van der Waals surface area contributed by atoms with Gasteiger partial charge in [0.25, 0.3) is 0 Å². The van der Waals surface area contributed by atoms with Gasteiger partial charge in [-0.2, -0.15) is 0 Å². The van der Waals surface area contributed by atoms with E-state index in [4.69, 9.17) is 9.47 Å². The fourth-order valence-corrected chi connectivity index (χ4v) is 4.94. The number of aryl methyl sites for hydroxylation is 1. The van der Waals surface area contributed by atoms with Crippen LogP contribution in [-0.2, 0) is 34.3 Å². The Hall–Kier alpha value is -2.91. The Morgan fingerprint density at radius 1 is 1.24 bits per heavy atom. The summed E-state index contributed by atoms with van der Waals surface area (Å²) in [7, 11) is -0.163. The number of hydrogen-bond donors (Lipinski definition) is 1. The molecule has 1 amide bonds. The third kappa shape index (κ3) is 6.11. The molecule has 0 atom stereocenters. The molecule has 2 aromatic rings. The van der Waals surface area contributed by atoms with Crippen molar-refractivity contribution in [2.75, 3.05) is 26.5 Å². The maximum absolute atomic E-state index is 12.8. The van der Waals surface area contributed by atoms with Gasteiger partial charge in [-0.15, -0.1) is 0 Å². The van der Waals surface area contributed by atoms with E-state index >= 15 is 0 Å². The second-order valence-corrected chi connectivity index (χ2v) is 9.85. The molecule has 0 radical (unpaired) electrons. The van der Waals surface area contributed by atoms with Crippen LogP contribution in [0.5, 0.6) is 11.5 Å². The van der Waals surface area contributed by atoms with Crippen molar-refractivity contribution in [1.29, 1.82) is 0 Å². The molecule has 0 saturated carbocycles. The second-order valence-electron chi connectivity index (χ2n) is 7.92. The molecule has 1 aliphatic heterocycles. The van der Waals surface area contributed by atoms with E-state index in [-0.39, 0.29) is 18.2 Å². The maximum Gasteiger partial charge on any atom is 0.246 e. The summed E-state index contributed by atoms with van der Waals surface area (Å²) in [4.78, 5) is 19.0. The molecule has 178 valence electrons. The molecule has 1 aromatic carbocycles. The number of sulfonamides is 1. The first-order valence-electron chi connectivity index (χ1n) is 10.9. The SMILES string of the molecule is CCCS(=O)(=O)NCc1c(C)ncc2c1CCN(C(=O)/C=C/c1ccc(OC)c(OC)c1)C2. The van der Waals surface area contributed by atoms with Gasteiger partial charge in [-0.05, 0) is 60.2 Å². The minimum atomic E-state index is -3.31. The van der Waals surface area contributed by atoms with Gasteiger partial charge < -0.3 is 14.4 Å². The quantitative estimate of drug-likeness (QED) is 0.563. The Bertz CT molecular complexity index is 1150. The summed E-state index contributed by atoms with van der Waals surface area (Å²) in [5, 5.41) is 0. The van der Waals surface area contributed by atoms with Crippen LogP contribution in [0, 0.1) is 6.92 Å². The second kappa shape index (κ2) is 10.8. The number of pyridine rings is 1. The molecular weight excluding hydrogens is 442 g/mol. The number of amides is 1. The molecule has 1 N–H and O–H groups in total. The molecule has 8 nitrogen and oxygen atoms in total. The van der Waals surface area contributed by atoms with E-state index in [2.05, 4.69) is 9.71 Å². The fourth-order valence-electron chi connectivity index (χ4n) is 3.90. The van der Waals surface area contributed by atoms with Crippen LogP contribution in [0.2, 0.25) is 0 Å². The first kappa shape index (κ1) is 24.7. The van der Waals surface area contributed by atoms with E-state index < -0.39 is 10.0 Å². The van der Waals surface area contributed by atoms with Crippen molar-refractivity contribution >= 4 is 22.0 Å². The highest BCUT2D eigenvalue weighted by molar-refractivity contribution is 7.89. The first-order valence-corrected chi connectivity index (χ1v) is 12.6. The molecule has 0 fully saturated rings. The van der Waals surface area contributed by atoms with E-state index in [0.29, 0.717) is 37.4 Å². The normalized spacial score (nSPS) is 13.8. The van der Waals surface area contributed by atoms with Gasteiger partial charge >= 0.3 is 0 Å². The van der Waals surface area contributed by atoms with Crippen molar-refractivity contribution in [2.45, 2.75) is 39.8 Å². The minimum absolute atomic E-state index is 0.0961. The van der Waals surface area contributed by atoms with Crippen LogP contribution in [0.25, 0.3) is 6.08 Å². The molecule has 0 bridgehead atoms. The van der Waals surface area contributed by atoms with Crippen molar-refractivity contribution < 1.29 is 22.7 Å². The highest BCUT2D eigenvalue weighted by Crippen LogP contribution is 2.28. The summed E-state index contributed by atoms with van der Waals surface area (Å²) in [6.07, 6.45) is 6.30. The number of methoxy groups -OCH3 is 2. The van der Waals surface area contributed by atoms with Gasteiger partial charge in [0.15, 0.2) is 11.5 Å². The summed E-state index contributed by atoms with van der Waals surface area (Å²) in [5.74, 6) is 1.23. The molecule has 0 unspecified atom stereocenters. The smallest absolute Gasteiger partial charge is 0.246 e. The minimum Gasteiger partial charge on any atom is -0.493 e. The van der Waals surface area contributed by atoms with Gasteiger partial charge in [0.1, 0.15) is 0 Å². The topological polar surface area (TPSA) is 97.8 Å². The predicted molar refractivity (Wildman–Crippen MR) is 128 cm³/mol. The lowest BCUT2D eigenvalue weighted by atomic mass is 9.95. The summed E-state index contributed by atoms with van der Waals surface area (Å²) in [6.45, 7) is 4.93. The molecule has 9 heteroatoms. The monoisotopic (exact) mass is 473 g/mol. The number of rotatable bonds is 9. The van der Waals surface area contributed by atoms with Crippen LogP contribution in [0.3, 0.4) is 0 Å². The van der Waals surface area contributed by atoms with Crippen LogP contribution >= 0.6 is 0 Å². The van der Waals surface area contributed by atoms with Crippen molar-refractivity contribution in [3.63, 3.8) is 0 Å². The van der Waals surface area contributed by atoms with Crippen LogP contribution < -0.4 is 14.2 Å². The van der Waals surface area contributed by atoms with Crippen molar-refractivity contribution in [1.82, 2.24) is 14.6 Å². The van der Waals surface area contributed by atoms with Crippen LogP contribution in [0.1, 0.15) is 41.3 Å². The number of carbonyl (C=O) groups excluding carboxylic acids is 1. The predicted octanol–water partition coefficient (Wildman–Crippen LogP) is 2.83. The summed E-state index contributed by atoms with van der Waals surface area (Å²) in [5.41, 5.74) is 4.57. The largest absolute Gasteiger partial charge is 0.493 e. The zero-order chi connectivity index (χ0) is 24.0. The van der Waals surface area contributed by atoms with Crippen molar-refractivity contribution in [3.05, 3.63) is 58.4 Å². The number of hydrogen-bond acceptors (Lipinski definition) is 6. The zero-order valence-electron chi connectivity index (χ0n) is 19.6. The average Bonchev–Trinajstić information content (AvgIpc) is 2.81. The van der Waals surface area contributed by atoms with Gasteiger partial charge in [0.2, 0.25) is 15.9 Å². The van der Waals surface area contributed by atoms with Crippen LogP contribution in [-0.4, -0.2) is 50.7 Å². The molecule has 0 aliphatic carbocycles. The van der Waals surface area contributed by atoms with Gasteiger partial charge in [-0.1, -0.05) is 13.0 Å². The Morgan fingerprint density at radius 3 is 2.70 bits per heavy atom. The number of ether oxygens (including phenoxy) is 2. The summed E-state index contributed by atoms with van der Waals surface area (Å²) in [6, 6.07) is 5.46. The molecule has 3 rings (SSSR count). The number of fused-ring (bicyclic) bond motifs is 1. The molecule has 0 spiro atoms. The van der Waals surface area contributed by atoms with E-state index in [1.807, 2.05) is 26.0 Å². The van der Waals surface area contributed by atoms with Crippen molar-refractivity contribution in [3.8, 4) is 11.5 Å². The average molecular weight is 474 g/mol. The summed E-state index contributed by atoms with van der Waals surface area (Å²) >= 11 is 0. The van der Waals surface area contributed by atoms with Gasteiger partial charge in [-0.3, -0.25) is 9.78 Å². The highest BCUT2D eigenvalue weighted by atomic mass is 32.2. The van der Waals surface area contributed by atoms with Crippen LogP contribution in [0.15, 0.2) is 30.5 Å². The van der Waals surface area contributed by atoms with E-state index in [9.17, 15) is 13.2 Å². The Morgan fingerprint density at radius 2 is 2.00 bits per heavy atom. The van der Waals surface area contributed by atoms with Gasteiger partial charge in [0, 0.05) is 37.6 Å². The van der Waals surface area contributed by atoms with E-state index in [0.717, 1.165) is 27.9 Å². The molecule has 33 heavy (non-hydrogen) atoms. The number of benzene rings is 1. The lowest BCUT2D eigenvalue weighted by molar-refractivity contribution is -0.126. The third-order valence-corrected chi connectivity index (χ3v) is 7.20. The number of aromatic nitrogens is 1. The highest BCUT2D eigenvalue weighted by Gasteiger charge is 2.23. The lowest BCUT2D eigenvalue weighted by Crippen LogP contribution is -2.36. The molecule has 0 saturated heterocycles. The van der Waals surface area contributed by atoms with E-state index in [1.54, 1.807) is 43.5 Å². The zero-order valence-corrected chi connectivity index (χ0v) is 20.4. The van der Waals surface area contributed by atoms with Crippen molar-refractivity contribution in [2.24, 2.45) is 0 Å².